The van der Waals surface area contributed by atoms with Crippen LogP contribution in [0.3, 0.4) is 0 Å². The van der Waals surface area contributed by atoms with Gasteiger partial charge in [0, 0.05) is 12.7 Å². The first-order chi connectivity index (χ1) is 11.0. The molecule has 0 unspecified atom stereocenters. The first kappa shape index (κ1) is 16.7. The van der Waals surface area contributed by atoms with Crippen LogP contribution in [-0.4, -0.2) is 21.7 Å². The quantitative estimate of drug-likeness (QED) is 0.787. The number of nitrogens with zero attached hydrogens (tertiary/aromatic N) is 2. The molecule has 0 aliphatic heterocycles. The van der Waals surface area contributed by atoms with Crippen LogP contribution >= 0.6 is 0 Å². The van der Waals surface area contributed by atoms with E-state index < -0.39 is 23.0 Å². The zero-order valence-corrected chi connectivity index (χ0v) is 12.9. The average Bonchev–Trinajstić information content (AvgIpc) is 2.52. The van der Waals surface area contributed by atoms with Gasteiger partial charge in [0.15, 0.2) is 0 Å². The van der Waals surface area contributed by atoms with Gasteiger partial charge >= 0.3 is 11.7 Å². The van der Waals surface area contributed by atoms with E-state index in [1.807, 2.05) is 6.92 Å². The Morgan fingerprint density at radius 1 is 1.17 bits per heavy atom. The number of ether oxygens (including phenoxy) is 1. The molecule has 0 saturated carbocycles. The van der Waals surface area contributed by atoms with E-state index in [2.05, 4.69) is 0 Å². The fourth-order valence-electron chi connectivity index (χ4n) is 2.17. The van der Waals surface area contributed by atoms with Crippen molar-refractivity contribution in [2.45, 2.75) is 26.8 Å². The molecule has 0 fully saturated rings. The highest BCUT2D eigenvalue weighted by Gasteiger charge is 2.19. The molecule has 0 spiro atoms. The Labute approximate surface area is 131 Å². The van der Waals surface area contributed by atoms with E-state index in [9.17, 15) is 18.8 Å². The normalized spacial score (nSPS) is 10.6. The van der Waals surface area contributed by atoms with Crippen LogP contribution in [-0.2, 0) is 11.3 Å². The molecule has 1 aromatic carbocycles. The minimum absolute atomic E-state index is 0.113. The van der Waals surface area contributed by atoms with Crippen molar-refractivity contribution in [3.8, 4) is 5.69 Å². The molecule has 0 aliphatic carbocycles. The summed E-state index contributed by atoms with van der Waals surface area (Å²) >= 11 is 0. The van der Waals surface area contributed by atoms with Crippen molar-refractivity contribution in [3.63, 3.8) is 0 Å². The van der Waals surface area contributed by atoms with Gasteiger partial charge in [-0.1, -0.05) is 6.92 Å². The molecule has 7 heteroatoms. The van der Waals surface area contributed by atoms with Crippen molar-refractivity contribution in [2.75, 3.05) is 6.61 Å². The van der Waals surface area contributed by atoms with Gasteiger partial charge in [-0.25, -0.2) is 18.5 Å². The molecule has 0 bridgehead atoms. The molecular weight excluding hydrogens is 303 g/mol. The van der Waals surface area contributed by atoms with Crippen LogP contribution in [0.15, 0.2) is 40.1 Å². The van der Waals surface area contributed by atoms with Crippen molar-refractivity contribution in [1.29, 1.82) is 0 Å². The minimum Gasteiger partial charge on any atom is -0.462 e. The Hall–Kier alpha value is -2.70. The molecule has 1 heterocycles. The first-order valence-corrected chi connectivity index (χ1v) is 7.29. The Balaban J connectivity index is 2.73. The predicted molar refractivity (Wildman–Crippen MR) is 82.5 cm³/mol. The summed E-state index contributed by atoms with van der Waals surface area (Å²) < 4.78 is 20.1. The van der Waals surface area contributed by atoms with Gasteiger partial charge in [-0.05, 0) is 37.6 Å². The number of carbonyl (C=O) groups is 1. The SMILES string of the molecule is CCCn1cc(C(=O)OCC)c(=O)n(-c2ccc(F)cc2)c1=O. The van der Waals surface area contributed by atoms with Crippen LogP contribution in [0.2, 0.25) is 0 Å². The Kier molecular flexibility index (Phi) is 5.10. The molecule has 2 rings (SSSR count). The van der Waals surface area contributed by atoms with Gasteiger partial charge in [0.2, 0.25) is 0 Å². The molecule has 23 heavy (non-hydrogen) atoms. The Bertz CT molecular complexity index is 821. The van der Waals surface area contributed by atoms with Crippen LogP contribution in [0.25, 0.3) is 5.69 Å². The zero-order chi connectivity index (χ0) is 17.0. The fraction of sp³-hybridized carbons (Fsp3) is 0.312. The fourth-order valence-corrected chi connectivity index (χ4v) is 2.17. The molecule has 0 aliphatic rings. The van der Waals surface area contributed by atoms with Gasteiger partial charge in [-0.2, -0.15) is 0 Å². The lowest BCUT2D eigenvalue weighted by Gasteiger charge is -2.12. The number of benzene rings is 1. The lowest BCUT2D eigenvalue weighted by Crippen LogP contribution is -2.41. The van der Waals surface area contributed by atoms with Crippen molar-refractivity contribution in [2.24, 2.45) is 0 Å². The number of aromatic nitrogens is 2. The van der Waals surface area contributed by atoms with Crippen molar-refractivity contribution >= 4 is 5.97 Å². The van der Waals surface area contributed by atoms with Crippen LogP contribution < -0.4 is 11.2 Å². The average molecular weight is 320 g/mol. The maximum atomic E-state index is 13.1. The monoisotopic (exact) mass is 320 g/mol. The van der Waals surface area contributed by atoms with Gasteiger partial charge in [0.25, 0.3) is 5.56 Å². The van der Waals surface area contributed by atoms with Gasteiger partial charge in [-0.3, -0.25) is 9.36 Å². The van der Waals surface area contributed by atoms with Crippen molar-refractivity contribution in [3.05, 3.63) is 62.7 Å². The second kappa shape index (κ2) is 7.04. The molecule has 1 aromatic heterocycles. The molecule has 0 amide bonds. The predicted octanol–water partition coefficient (Wildman–Crippen LogP) is 1.72. The van der Waals surface area contributed by atoms with Gasteiger partial charge < -0.3 is 4.74 Å². The van der Waals surface area contributed by atoms with Gasteiger partial charge in [0.1, 0.15) is 11.4 Å². The summed E-state index contributed by atoms with van der Waals surface area (Å²) in [5.41, 5.74) is -1.41. The second-order valence-electron chi connectivity index (χ2n) is 4.86. The number of rotatable bonds is 5. The third-order valence-corrected chi connectivity index (χ3v) is 3.20. The van der Waals surface area contributed by atoms with Crippen LogP contribution in [0.5, 0.6) is 0 Å². The van der Waals surface area contributed by atoms with E-state index in [1.165, 1.54) is 22.9 Å². The smallest absolute Gasteiger partial charge is 0.345 e. The number of halogens is 1. The summed E-state index contributed by atoms with van der Waals surface area (Å²) in [5.74, 6) is -1.28. The lowest BCUT2D eigenvalue weighted by atomic mass is 10.2. The molecular formula is C16H17FN2O4. The summed E-state index contributed by atoms with van der Waals surface area (Å²) in [6.07, 6.45) is 1.86. The van der Waals surface area contributed by atoms with E-state index in [-0.39, 0.29) is 17.9 Å². The van der Waals surface area contributed by atoms with Crippen LogP contribution in [0, 0.1) is 5.82 Å². The van der Waals surface area contributed by atoms with Crippen LogP contribution in [0.1, 0.15) is 30.6 Å². The maximum absolute atomic E-state index is 13.1. The van der Waals surface area contributed by atoms with Crippen LogP contribution in [0.4, 0.5) is 4.39 Å². The Morgan fingerprint density at radius 3 is 2.39 bits per heavy atom. The molecule has 6 nitrogen and oxygen atoms in total. The lowest BCUT2D eigenvalue weighted by molar-refractivity contribution is 0.0522. The van der Waals surface area contributed by atoms with E-state index in [1.54, 1.807) is 6.92 Å². The number of esters is 1. The summed E-state index contributed by atoms with van der Waals surface area (Å²) in [6.45, 7) is 3.94. The van der Waals surface area contributed by atoms with Crippen molar-refractivity contribution < 1.29 is 13.9 Å². The molecule has 2 aromatic rings. The number of carbonyl (C=O) groups excluding carboxylic acids is 1. The third-order valence-electron chi connectivity index (χ3n) is 3.20. The summed E-state index contributed by atoms with van der Waals surface area (Å²) in [4.78, 5) is 36.9. The summed E-state index contributed by atoms with van der Waals surface area (Å²) in [7, 11) is 0. The third kappa shape index (κ3) is 3.39. The topological polar surface area (TPSA) is 70.3 Å². The van der Waals surface area contributed by atoms with Gasteiger partial charge in [0.05, 0.1) is 12.3 Å². The van der Waals surface area contributed by atoms with E-state index in [4.69, 9.17) is 4.74 Å². The highest BCUT2D eigenvalue weighted by atomic mass is 19.1. The first-order valence-electron chi connectivity index (χ1n) is 7.29. The minimum atomic E-state index is -0.793. The number of hydrogen-bond donors (Lipinski definition) is 0. The zero-order valence-electron chi connectivity index (χ0n) is 12.9. The van der Waals surface area contributed by atoms with E-state index in [0.717, 1.165) is 16.7 Å². The largest absolute Gasteiger partial charge is 0.462 e. The molecule has 0 saturated heterocycles. The van der Waals surface area contributed by atoms with Crippen molar-refractivity contribution in [1.82, 2.24) is 9.13 Å². The maximum Gasteiger partial charge on any atom is 0.345 e. The van der Waals surface area contributed by atoms with E-state index >= 15 is 0 Å². The molecule has 0 radical (unpaired) electrons. The molecule has 0 atom stereocenters. The standard InChI is InChI=1S/C16H17FN2O4/c1-3-9-18-10-13(15(21)23-4-2)14(20)19(16(18)22)12-7-5-11(17)6-8-12/h5-8,10H,3-4,9H2,1-2H3. The number of hydrogen-bond acceptors (Lipinski definition) is 4. The highest BCUT2D eigenvalue weighted by molar-refractivity contribution is 5.88. The molecule has 0 N–H and O–H groups in total. The molecule has 122 valence electrons. The second-order valence-corrected chi connectivity index (χ2v) is 4.86. The van der Waals surface area contributed by atoms with Gasteiger partial charge in [-0.15, -0.1) is 0 Å². The Morgan fingerprint density at radius 2 is 1.83 bits per heavy atom. The van der Waals surface area contributed by atoms with E-state index in [0.29, 0.717) is 13.0 Å². The number of aryl methyl sites for hydroxylation is 1. The highest BCUT2D eigenvalue weighted by Crippen LogP contribution is 2.06. The summed E-state index contributed by atoms with van der Waals surface area (Å²) in [6, 6.07) is 4.90. The summed E-state index contributed by atoms with van der Waals surface area (Å²) in [5, 5.41) is 0.